The number of oxazole rings is 1. The van der Waals surface area contributed by atoms with Crippen molar-refractivity contribution < 1.29 is 14.0 Å². The predicted molar refractivity (Wildman–Crippen MR) is 120 cm³/mol. The van der Waals surface area contributed by atoms with Crippen LogP contribution < -0.4 is 10.6 Å². The van der Waals surface area contributed by atoms with E-state index in [9.17, 15) is 9.59 Å². The van der Waals surface area contributed by atoms with E-state index < -0.39 is 5.54 Å². The van der Waals surface area contributed by atoms with Gasteiger partial charge in [-0.3, -0.25) is 14.5 Å². The third-order valence-corrected chi connectivity index (χ3v) is 7.04. The first-order valence-corrected chi connectivity index (χ1v) is 11.3. The Morgan fingerprint density at radius 2 is 1.90 bits per heavy atom. The number of para-hydroxylation sites is 2. The molecule has 3 unspecified atom stereocenters. The lowest BCUT2D eigenvalue weighted by atomic mass is 9.82. The van der Waals surface area contributed by atoms with E-state index in [4.69, 9.17) is 10.2 Å². The lowest BCUT2D eigenvalue weighted by Gasteiger charge is -2.48. The number of piperazine rings is 1. The van der Waals surface area contributed by atoms with E-state index in [1.807, 2.05) is 34.1 Å². The number of rotatable bonds is 5. The molecule has 2 N–H and O–H groups in total. The van der Waals surface area contributed by atoms with Crippen molar-refractivity contribution >= 4 is 28.9 Å². The Hall–Kier alpha value is -2.61. The van der Waals surface area contributed by atoms with E-state index in [1.165, 1.54) is 0 Å². The topological polar surface area (TPSA) is 95.9 Å². The minimum atomic E-state index is -0.823. The zero-order chi connectivity index (χ0) is 22.2. The Bertz CT molecular complexity index is 915. The Balaban J connectivity index is 1.58. The Morgan fingerprint density at radius 1 is 1.19 bits per heavy atom. The molecule has 4 rings (SSSR count). The van der Waals surface area contributed by atoms with Gasteiger partial charge in [-0.1, -0.05) is 12.1 Å². The van der Waals surface area contributed by atoms with Crippen molar-refractivity contribution in [2.24, 2.45) is 5.73 Å². The monoisotopic (exact) mass is 427 g/mol. The van der Waals surface area contributed by atoms with Crippen LogP contribution in [0.3, 0.4) is 0 Å². The Labute approximate surface area is 183 Å². The predicted octanol–water partition coefficient (Wildman–Crippen LogP) is 2.37. The van der Waals surface area contributed by atoms with E-state index in [2.05, 4.69) is 23.7 Å². The quantitative estimate of drug-likeness (QED) is 0.787. The van der Waals surface area contributed by atoms with Gasteiger partial charge in [-0.2, -0.15) is 4.98 Å². The molecule has 0 bridgehead atoms. The van der Waals surface area contributed by atoms with Crippen LogP contribution in [-0.2, 0) is 9.59 Å². The van der Waals surface area contributed by atoms with Crippen molar-refractivity contribution in [1.29, 1.82) is 0 Å². The molecular formula is C23H33N5O3. The fourth-order valence-electron chi connectivity index (χ4n) is 5.30. The molecule has 2 saturated heterocycles. The first kappa shape index (κ1) is 21.6. The summed E-state index contributed by atoms with van der Waals surface area (Å²) in [5.41, 5.74) is 6.72. The SMILES string of the molecule is CC(=O)N1CC(C)N(CCC2(C(N)=O)CCCCN2c2nc3ccccc3o2)C(C)C1. The lowest BCUT2D eigenvalue weighted by Crippen LogP contribution is -2.63. The summed E-state index contributed by atoms with van der Waals surface area (Å²) in [6.07, 6.45) is 3.22. The van der Waals surface area contributed by atoms with E-state index >= 15 is 0 Å². The zero-order valence-electron chi connectivity index (χ0n) is 18.7. The number of aromatic nitrogens is 1. The van der Waals surface area contributed by atoms with E-state index in [0.717, 1.165) is 24.9 Å². The number of hydrogen-bond donors (Lipinski definition) is 1. The van der Waals surface area contributed by atoms with Crippen LogP contribution in [-0.4, -0.2) is 70.4 Å². The molecule has 1 aromatic heterocycles. The summed E-state index contributed by atoms with van der Waals surface area (Å²) in [6.45, 7) is 8.74. The van der Waals surface area contributed by atoms with Gasteiger partial charge < -0.3 is 20.0 Å². The second-order valence-corrected chi connectivity index (χ2v) is 9.08. The van der Waals surface area contributed by atoms with Crippen molar-refractivity contribution in [3.05, 3.63) is 24.3 Å². The van der Waals surface area contributed by atoms with Crippen LogP contribution >= 0.6 is 0 Å². The van der Waals surface area contributed by atoms with Gasteiger partial charge in [0, 0.05) is 45.2 Å². The molecule has 8 nitrogen and oxygen atoms in total. The number of carbonyl (C=O) groups excluding carboxylic acids is 2. The van der Waals surface area contributed by atoms with E-state index in [0.29, 0.717) is 44.1 Å². The summed E-state index contributed by atoms with van der Waals surface area (Å²) < 4.78 is 6.04. The zero-order valence-corrected chi connectivity index (χ0v) is 18.7. The minimum absolute atomic E-state index is 0.112. The summed E-state index contributed by atoms with van der Waals surface area (Å²) in [5.74, 6) is -0.210. The second-order valence-electron chi connectivity index (χ2n) is 9.08. The number of hydrogen-bond acceptors (Lipinski definition) is 6. The lowest BCUT2D eigenvalue weighted by molar-refractivity contribution is -0.133. The van der Waals surface area contributed by atoms with Crippen molar-refractivity contribution in [1.82, 2.24) is 14.8 Å². The molecule has 2 amide bonds. The maximum absolute atomic E-state index is 12.9. The highest BCUT2D eigenvalue weighted by atomic mass is 16.4. The summed E-state index contributed by atoms with van der Waals surface area (Å²) in [5, 5.41) is 0. The van der Waals surface area contributed by atoms with Gasteiger partial charge >= 0.3 is 0 Å². The number of carbonyl (C=O) groups is 2. The maximum atomic E-state index is 12.9. The Kier molecular flexibility index (Phi) is 5.92. The van der Waals surface area contributed by atoms with Gasteiger partial charge in [-0.05, 0) is 51.7 Å². The molecule has 3 heterocycles. The van der Waals surface area contributed by atoms with Gasteiger partial charge in [0.2, 0.25) is 11.8 Å². The van der Waals surface area contributed by atoms with Crippen LogP contribution in [0.2, 0.25) is 0 Å². The van der Waals surface area contributed by atoms with E-state index in [1.54, 1.807) is 6.92 Å². The van der Waals surface area contributed by atoms with Gasteiger partial charge in [0.05, 0.1) is 0 Å². The molecule has 2 fully saturated rings. The van der Waals surface area contributed by atoms with Gasteiger partial charge in [0.1, 0.15) is 11.1 Å². The number of piperidine rings is 1. The molecule has 0 saturated carbocycles. The molecule has 0 spiro atoms. The van der Waals surface area contributed by atoms with Crippen LogP contribution in [0.4, 0.5) is 6.01 Å². The normalized spacial score (nSPS) is 27.6. The average molecular weight is 428 g/mol. The minimum Gasteiger partial charge on any atom is -0.423 e. The molecule has 8 heteroatoms. The second kappa shape index (κ2) is 8.49. The summed E-state index contributed by atoms with van der Waals surface area (Å²) in [6, 6.07) is 8.56. The molecule has 2 aromatic rings. The van der Waals surface area contributed by atoms with Crippen LogP contribution in [0.1, 0.15) is 46.5 Å². The number of primary amides is 1. The molecular weight excluding hydrogens is 394 g/mol. The number of benzene rings is 1. The van der Waals surface area contributed by atoms with Gasteiger partial charge in [0.15, 0.2) is 5.58 Å². The van der Waals surface area contributed by atoms with Crippen molar-refractivity contribution in [2.45, 2.75) is 64.1 Å². The number of fused-ring (bicyclic) bond motifs is 1. The molecule has 2 aliphatic rings. The van der Waals surface area contributed by atoms with Gasteiger partial charge in [-0.15, -0.1) is 0 Å². The number of nitrogens with two attached hydrogens (primary N) is 1. The molecule has 2 aliphatic heterocycles. The van der Waals surface area contributed by atoms with Crippen LogP contribution in [0, 0.1) is 0 Å². The summed E-state index contributed by atoms with van der Waals surface area (Å²) >= 11 is 0. The summed E-state index contributed by atoms with van der Waals surface area (Å²) in [7, 11) is 0. The highest BCUT2D eigenvalue weighted by Gasteiger charge is 2.47. The number of amides is 2. The van der Waals surface area contributed by atoms with Crippen LogP contribution in [0.5, 0.6) is 0 Å². The van der Waals surface area contributed by atoms with Gasteiger partial charge in [0.25, 0.3) is 6.01 Å². The maximum Gasteiger partial charge on any atom is 0.299 e. The Morgan fingerprint density at radius 3 is 2.55 bits per heavy atom. The first-order chi connectivity index (χ1) is 14.8. The fourth-order valence-corrected chi connectivity index (χ4v) is 5.30. The van der Waals surface area contributed by atoms with Gasteiger partial charge in [-0.25, -0.2) is 0 Å². The smallest absolute Gasteiger partial charge is 0.299 e. The molecule has 168 valence electrons. The molecule has 0 radical (unpaired) electrons. The first-order valence-electron chi connectivity index (χ1n) is 11.3. The molecule has 0 aliphatic carbocycles. The number of anilines is 1. The fraction of sp³-hybridized carbons (Fsp3) is 0.609. The largest absolute Gasteiger partial charge is 0.423 e. The van der Waals surface area contributed by atoms with Crippen molar-refractivity contribution in [3.8, 4) is 0 Å². The van der Waals surface area contributed by atoms with Crippen molar-refractivity contribution in [3.63, 3.8) is 0 Å². The molecule has 3 atom stereocenters. The average Bonchev–Trinajstić information content (AvgIpc) is 3.17. The van der Waals surface area contributed by atoms with E-state index in [-0.39, 0.29) is 23.9 Å². The standard InChI is InChI=1S/C23H33N5O3/c1-16-14-26(18(3)29)15-17(2)27(16)13-11-23(21(24)30)10-6-7-12-28(23)22-25-19-8-4-5-9-20(19)31-22/h4-5,8-9,16-17H,6-7,10-15H2,1-3H3,(H2,24,30). The third-order valence-electron chi connectivity index (χ3n) is 7.04. The van der Waals surface area contributed by atoms with Crippen LogP contribution in [0.15, 0.2) is 28.7 Å². The summed E-state index contributed by atoms with van der Waals surface area (Å²) in [4.78, 5) is 35.7. The number of nitrogens with zero attached hydrogens (tertiary/aromatic N) is 4. The third kappa shape index (κ3) is 4.01. The van der Waals surface area contributed by atoms with Crippen molar-refractivity contribution in [2.75, 3.05) is 31.1 Å². The highest BCUT2D eigenvalue weighted by Crippen LogP contribution is 2.37. The highest BCUT2D eigenvalue weighted by molar-refractivity contribution is 5.89. The molecule has 31 heavy (non-hydrogen) atoms. The van der Waals surface area contributed by atoms with Crippen LogP contribution in [0.25, 0.3) is 11.1 Å². The molecule has 1 aromatic carbocycles.